The maximum absolute atomic E-state index is 11.9. The third kappa shape index (κ3) is 3.86. The van der Waals surface area contributed by atoms with E-state index in [1.165, 1.54) is 0 Å². The normalized spacial score (nSPS) is 11.7. The minimum Gasteiger partial charge on any atom is -0.382 e. The second-order valence-electron chi connectivity index (χ2n) is 4.20. The first-order valence-electron chi connectivity index (χ1n) is 5.88. The van der Waals surface area contributed by atoms with Crippen LogP contribution in [0.3, 0.4) is 0 Å². The minimum absolute atomic E-state index is 0.0450. The molecular formula is C14H18N2O2. The van der Waals surface area contributed by atoms with Crippen molar-refractivity contribution in [3.63, 3.8) is 0 Å². The topological polar surface area (TPSA) is 53.3 Å². The zero-order valence-corrected chi connectivity index (χ0v) is 11.0. The van der Waals surface area contributed by atoms with Crippen LogP contribution < -0.4 is 4.90 Å². The molecule has 0 fully saturated rings. The fraction of sp³-hybridized carbons (Fsp3) is 0.429. The summed E-state index contributed by atoms with van der Waals surface area (Å²) in [4.78, 5) is 13.5. The number of amides is 1. The lowest BCUT2D eigenvalue weighted by atomic mass is 10.1. The van der Waals surface area contributed by atoms with Gasteiger partial charge in [-0.25, -0.2) is 0 Å². The van der Waals surface area contributed by atoms with E-state index < -0.39 is 0 Å². The van der Waals surface area contributed by atoms with Gasteiger partial charge in [0.1, 0.15) is 0 Å². The molecule has 1 aromatic carbocycles. The van der Waals surface area contributed by atoms with Crippen molar-refractivity contribution in [1.82, 2.24) is 0 Å². The summed E-state index contributed by atoms with van der Waals surface area (Å²) >= 11 is 0. The highest BCUT2D eigenvalue weighted by Gasteiger charge is 2.12. The summed E-state index contributed by atoms with van der Waals surface area (Å²) in [5.41, 5.74) is 1.39. The molecule has 1 unspecified atom stereocenters. The van der Waals surface area contributed by atoms with Crippen LogP contribution in [-0.2, 0) is 9.53 Å². The van der Waals surface area contributed by atoms with Crippen molar-refractivity contribution >= 4 is 11.6 Å². The molecule has 0 spiro atoms. The number of benzene rings is 1. The van der Waals surface area contributed by atoms with Gasteiger partial charge in [-0.05, 0) is 37.6 Å². The molecule has 0 aliphatic heterocycles. The summed E-state index contributed by atoms with van der Waals surface area (Å²) in [6, 6.07) is 9.01. The Morgan fingerprint density at radius 2 is 2.06 bits per heavy atom. The summed E-state index contributed by atoms with van der Waals surface area (Å²) in [6.07, 6.45) is 1.24. The SMILES string of the molecule is COC(C)CCC(=O)N(C)c1ccc(C#N)cc1. The molecule has 1 amide bonds. The summed E-state index contributed by atoms with van der Waals surface area (Å²) in [5, 5.41) is 8.70. The van der Waals surface area contributed by atoms with Crippen molar-refractivity contribution in [1.29, 1.82) is 5.26 Å². The average Bonchev–Trinajstić information content (AvgIpc) is 2.43. The highest BCUT2D eigenvalue weighted by Crippen LogP contribution is 2.15. The lowest BCUT2D eigenvalue weighted by Crippen LogP contribution is -2.26. The lowest BCUT2D eigenvalue weighted by Gasteiger charge is -2.18. The molecule has 0 bridgehead atoms. The first-order valence-corrected chi connectivity index (χ1v) is 5.88. The third-order valence-corrected chi connectivity index (χ3v) is 2.92. The summed E-state index contributed by atoms with van der Waals surface area (Å²) < 4.78 is 5.11. The molecular weight excluding hydrogens is 228 g/mol. The summed E-state index contributed by atoms with van der Waals surface area (Å²) in [5.74, 6) is 0.0450. The second-order valence-corrected chi connectivity index (χ2v) is 4.20. The Morgan fingerprint density at radius 1 is 1.44 bits per heavy atom. The molecule has 0 aliphatic carbocycles. The van der Waals surface area contributed by atoms with E-state index in [4.69, 9.17) is 10.00 Å². The average molecular weight is 246 g/mol. The molecule has 0 saturated heterocycles. The van der Waals surface area contributed by atoms with Crippen molar-refractivity contribution in [3.05, 3.63) is 29.8 Å². The van der Waals surface area contributed by atoms with Crippen LogP contribution in [0.2, 0.25) is 0 Å². The molecule has 0 aromatic heterocycles. The van der Waals surface area contributed by atoms with Crippen LogP contribution in [0.1, 0.15) is 25.3 Å². The first-order chi connectivity index (χ1) is 8.58. The van der Waals surface area contributed by atoms with Gasteiger partial charge < -0.3 is 9.64 Å². The van der Waals surface area contributed by atoms with Gasteiger partial charge in [0.15, 0.2) is 0 Å². The molecule has 96 valence electrons. The van der Waals surface area contributed by atoms with Gasteiger partial charge in [-0.2, -0.15) is 5.26 Å². The van der Waals surface area contributed by atoms with Gasteiger partial charge in [0.25, 0.3) is 0 Å². The van der Waals surface area contributed by atoms with Crippen LogP contribution >= 0.6 is 0 Å². The van der Waals surface area contributed by atoms with E-state index in [9.17, 15) is 4.79 Å². The van der Waals surface area contributed by atoms with Gasteiger partial charge in [-0.1, -0.05) is 0 Å². The standard InChI is InChI=1S/C14H18N2O2/c1-11(18-3)4-9-14(17)16(2)13-7-5-12(10-15)6-8-13/h5-8,11H,4,9H2,1-3H3. The number of methoxy groups -OCH3 is 1. The number of rotatable bonds is 5. The monoisotopic (exact) mass is 246 g/mol. The van der Waals surface area contributed by atoms with E-state index >= 15 is 0 Å². The van der Waals surface area contributed by atoms with E-state index in [0.29, 0.717) is 18.4 Å². The van der Waals surface area contributed by atoms with Gasteiger partial charge in [-0.15, -0.1) is 0 Å². The highest BCUT2D eigenvalue weighted by molar-refractivity contribution is 5.92. The van der Waals surface area contributed by atoms with Crippen molar-refractivity contribution in [2.45, 2.75) is 25.9 Å². The van der Waals surface area contributed by atoms with Crippen molar-refractivity contribution < 1.29 is 9.53 Å². The predicted molar refractivity (Wildman–Crippen MR) is 70.3 cm³/mol. The molecule has 0 heterocycles. The Bertz CT molecular complexity index is 434. The molecule has 4 nitrogen and oxygen atoms in total. The van der Waals surface area contributed by atoms with Crippen molar-refractivity contribution in [2.75, 3.05) is 19.1 Å². The van der Waals surface area contributed by atoms with E-state index in [0.717, 1.165) is 5.69 Å². The quantitative estimate of drug-likeness (QED) is 0.801. The number of carbonyl (C=O) groups excluding carboxylic acids is 1. The van der Waals surface area contributed by atoms with Gasteiger partial charge in [0, 0.05) is 26.3 Å². The van der Waals surface area contributed by atoms with E-state index in [1.54, 1.807) is 43.3 Å². The summed E-state index contributed by atoms with van der Waals surface area (Å²) in [6.45, 7) is 1.94. The first kappa shape index (κ1) is 14.2. The van der Waals surface area contributed by atoms with Gasteiger partial charge in [0.05, 0.1) is 17.7 Å². The number of nitriles is 1. The molecule has 0 saturated carbocycles. The number of nitrogens with zero attached hydrogens (tertiary/aromatic N) is 2. The fourth-order valence-corrected chi connectivity index (χ4v) is 1.52. The van der Waals surface area contributed by atoms with Crippen LogP contribution in [0.5, 0.6) is 0 Å². The molecule has 1 atom stereocenters. The van der Waals surface area contributed by atoms with E-state index in [-0.39, 0.29) is 12.0 Å². The number of hydrogen-bond donors (Lipinski definition) is 0. The van der Waals surface area contributed by atoms with Gasteiger partial charge in [-0.3, -0.25) is 4.79 Å². The maximum Gasteiger partial charge on any atom is 0.226 e. The third-order valence-electron chi connectivity index (χ3n) is 2.92. The Hall–Kier alpha value is -1.86. The smallest absolute Gasteiger partial charge is 0.226 e. The number of carbonyl (C=O) groups is 1. The van der Waals surface area contributed by atoms with E-state index in [1.807, 2.05) is 6.92 Å². The Labute approximate surface area is 108 Å². The number of anilines is 1. The second kappa shape index (κ2) is 6.77. The molecule has 4 heteroatoms. The lowest BCUT2D eigenvalue weighted by molar-refractivity contribution is -0.118. The Morgan fingerprint density at radius 3 is 2.56 bits per heavy atom. The van der Waals surface area contributed by atoms with Crippen LogP contribution in [0.15, 0.2) is 24.3 Å². The van der Waals surface area contributed by atoms with Crippen LogP contribution in [0, 0.1) is 11.3 Å². The molecule has 18 heavy (non-hydrogen) atoms. The zero-order valence-electron chi connectivity index (χ0n) is 11.0. The fourth-order valence-electron chi connectivity index (χ4n) is 1.52. The number of hydrogen-bond acceptors (Lipinski definition) is 3. The molecule has 0 aliphatic rings. The Kier molecular flexibility index (Phi) is 5.34. The van der Waals surface area contributed by atoms with Crippen molar-refractivity contribution in [3.8, 4) is 6.07 Å². The highest BCUT2D eigenvalue weighted by atomic mass is 16.5. The van der Waals surface area contributed by atoms with Crippen LogP contribution in [0.25, 0.3) is 0 Å². The van der Waals surface area contributed by atoms with Crippen LogP contribution in [0.4, 0.5) is 5.69 Å². The van der Waals surface area contributed by atoms with Gasteiger partial charge in [0.2, 0.25) is 5.91 Å². The predicted octanol–water partition coefficient (Wildman–Crippen LogP) is 2.34. The number of ether oxygens (including phenoxy) is 1. The largest absolute Gasteiger partial charge is 0.382 e. The minimum atomic E-state index is 0.0450. The molecule has 0 radical (unpaired) electrons. The van der Waals surface area contributed by atoms with E-state index in [2.05, 4.69) is 6.07 Å². The molecule has 1 aromatic rings. The van der Waals surface area contributed by atoms with Crippen molar-refractivity contribution in [2.24, 2.45) is 0 Å². The zero-order chi connectivity index (χ0) is 13.5. The molecule has 1 rings (SSSR count). The Balaban J connectivity index is 2.60. The van der Waals surface area contributed by atoms with Gasteiger partial charge >= 0.3 is 0 Å². The summed E-state index contributed by atoms with van der Waals surface area (Å²) in [7, 11) is 3.38. The maximum atomic E-state index is 11.9. The van der Waals surface area contributed by atoms with Crippen LogP contribution in [-0.4, -0.2) is 26.2 Å². The molecule has 0 N–H and O–H groups in total.